The molecular weight excluding hydrogens is 621 g/mol. The van der Waals surface area contributed by atoms with E-state index >= 15 is 0 Å². The highest BCUT2D eigenvalue weighted by Crippen LogP contribution is 2.40. The fourth-order valence-electron chi connectivity index (χ4n) is 8.13. The summed E-state index contributed by atoms with van der Waals surface area (Å²) in [4.78, 5) is 0. The fraction of sp³-hybridized carbons (Fsp3) is 0.0638. The Kier molecular flexibility index (Phi) is 7.24. The second-order valence-corrected chi connectivity index (χ2v) is 13.5. The first kappa shape index (κ1) is 29.8. The Labute approximate surface area is 297 Å². The third kappa shape index (κ3) is 5.12. The van der Waals surface area contributed by atoms with E-state index in [1.54, 1.807) is 0 Å². The minimum absolute atomic E-state index is 0.0468. The third-order valence-corrected chi connectivity index (χ3v) is 10.5. The number of rotatable bonds is 5. The Balaban J connectivity index is 1.13. The van der Waals surface area contributed by atoms with Gasteiger partial charge >= 0.3 is 0 Å². The fourth-order valence-corrected chi connectivity index (χ4v) is 8.13. The Bertz CT molecular complexity index is 2630. The maximum Gasteiger partial charge on any atom is 0.0870 e. The molecule has 0 aliphatic carbocycles. The zero-order chi connectivity index (χ0) is 33.7. The van der Waals surface area contributed by atoms with Crippen molar-refractivity contribution in [1.82, 2.24) is 20.5 Å². The smallest absolute Gasteiger partial charge is 0.0870 e. The lowest BCUT2D eigenvalue weighted by Crippen LogP contribution is -2.54. The van der Waals surface area contributed by atoms with Crippen LogP contribution in [0.1, 0.15) is 35.2 Å². The lowest BCUT2D eigenvalue weighted by Gasteiger charge is -2.40. The summed E-state index contributed by atoms with van der Waals surface area (Å²) in [7, 11) is 0. The molecule has 2 atom stereocenters. The van der Waals surface area contributed by atoms with Gasteiger partial charge in [0.25, 0.3) is 0 Å². The molecule has 1 fully saturated rings. The Hall–Kier alpha value is -6.04. The number of fused-ring (bicyclic) bond motifs is 6. The molecule has 4 nitrogen and oxygen atoms in total. The largest absolute Gasteiger partial charge is 0.309 e. The number of aromatic nitrogens is 1. The summed E-state index contributed by atoms with van der Waals surface area (Å²) in [6.45, 7) is 0. The van der Waals surface area contributed by atoms with Gasteiger partial charge in [0.1, 0.15) is 0 Å². The zero-order valence-corrected chi connectivity index (χ0v) is 28.0. The van der Waals surface area contributed by atoms with Crippen LogP contribution in [-0.4, -0.2) is 4.57 Å². The summed E-state index contributed by atoms with van der Waals surface area (Å²) in [6, 6.07) is 65.8. The summed E-state index contributed by atoms with van der Waals surface area (Å²) in [6.07, 6.45) is -0.214. The van der Waals surface area contributed by atoms with Crippen LogP contribution >= 0.6 is 0 Å². The molecule has 2 heterocycles. The molecule has 0 radical (unpaired) electrons. The standard InChI is InChI=1S/C47H36N4/c1-3-15-34(16-4-1)45-48-46(35-17-5-2-6-18-35)50-47(49-45)41-30-26-31-13-7-9-19-37(31)43(41)33-23-27-36(28-24-33)51-42-22-12-11-21-39(42)40-29-25-32-14-8-10-20-38(32)44(40)51/h1-30,45-50H. The van der Waals surface area contributed by atoms with E-state index in [9.17, 15) is 0 Å². The maximum atomic E-state index is 3.93. The van der Waals surface area contributed by atoms with Crippen LogP contribution in [0.25, 0.3) is 60.2 Å². The second kappa shape index (κ2) is 12.4. The van der Waals surface area contributed by atoms with E-state index in [2.05, 4.69) is 203 Å². The summed E-state index contributed by atoms with van der Waals surface area (Å²) in [5.41, 5.74) is 9.65. The molecule has 244 valence electrons. The van der Waals surface area contributed by atoms with E-state index in [1.807, 2.05) is 0 Å². The highest BCUT2D eigenvalue weighted by atomic mass is 15.4. The number of hydrogen-bond acceptors (Lipinski definition) is 3. The van der Waals surface area contributed by atoms with Gasteiger partial charge in [-0.25, -0.2) is 0 Å². The van der Waals surface area contributed by atoms with Crippen molar-refractivity contribution in [3.63, 3.8) is 0 Å². The lowest BCUT2D eigenvalue weighted by atomic mass is 9.91. The molecule has 0 spiro atoms. The maximum absolute atomic E-state index is 3.93. The van der Waals surface area contributed by atoms with Gasteiger partial charge < -0.3 is 4.57 Å². The predicted octanol–water partition coefficient (Wildman–Crippen LogP) is 10.9. The summed E-state index contributed by atoms with van der Waals surface area (Å²) in [5, 5.41) is 19.2. The highest BCUT2D eigenvalue weighted by Gasteiger charge is 2.31. The molecule has 0 saturated carbocycles. The van der Waals surface area contributed by atoms with Gasteiger partial charge in [-0.05, 0) is 62.2 Å². The molecule has 0 bridgehead atoms. The van der Waals surface area contributed by atoms with E-state index in [0.29, 0.717) is 0 Å². The number of hydrogen-bond donors (Lipinski definition) is 3. The van der Waals surface area contributed by atoms with Crippen LogP contribution in [0.15, 0.2) is 182 Å². The molecule has 1 aliphatic rings. The van der Waals surface area contributed by atoms with E-state index in [1.165, 1.54) is 71.2 Å². The van der Waals surface area contributed by atoms with Crippen LogP contribution in [0.5, 0.6) is 0 Å². The van der Waals surface area contributed by atoms with Gasteiger partial charge in [-0.1, -0.05) is 164 Å². The van der Waals surface area contributed by atoms with Gasteiger partial charge in [0.15, 0.2) is 0 Å². The normalized spacial score (nSPS) is 17.8. The first-order valence-electron chi connectivity index (χ1n) is 17.7. The topological polar surface area (TPSA) is 41.0 Å². The number of nitrogens with zero attached hydrogens (tertiary/aromatic N) is 1. The molecule has 3 N–H and O–H groups in total. The van der Waals surface area contributed by atoms with Gasteiger partial charge in [0, 0.05) is 21.8 Å². The van der Waals surface area contributed by atoms with Gasteiger partial charge in [0.2, 0.25) is 0 Å². The van der Waals surface area contributed by atoms with E-state index in [-0.39, 0.29) is 18.5 Å². The molecule has 10 rings (SSSR count). The zero-order valence-electron chi connectivity index (χ0n) is 28.0. The molecule has 4 heteroatoms. The van der Waals surface area contributed by atoms with Crippen molar-refractivity contribution in [3.8, 4) is 16.8 Å². The number of benzene rings is 8. The highest BCUT2D eigenvalue weighted by molar-refractivity contribution is 6.18. The molecular formula is C47H36N4. The molecule has 1 aliphatic heterocycles. The molecule has 1 saturated heterocycles. The van der Waals surface area contributed by atoms with Gasteiger partial charge in [-0.2, -0.15) is 0 Å². The lowest BCUT2D eigenvalue weighted by molar-refractivity contribution is 0.203. The van der Waals surface area contributed by atoms with Crippen molar-refractivity contribution in [2.45, 2.75) is 18.5 Å². The summed E-state index contributed by atoms with van der Waals surface area (Å²) < 4.78 is 2.44. The van der Waals surface area contributed by atoms with Crippen molar-refractivity contribution in [2.24, 2.45) is 0 Å². The molecule has 51 heavy (non-hydrogen) atoms. The van der Waals surface area contributed by atoms with Gasteiger partial charge in [-0.3, -0.25) is 16.0 Å². The summed E-state index contributed by atoms with van der Waals surface area (Å²) in [5.74, 6) is 0. The quantitative estimate of drug-likeness (QED) is 0.173. The first-order valence-corrected chi connectivity index (χ1v) is 17.7. The average molecular weight is 657 g/mol. The van der Waals surface area contributed by atoms with Crippen LogP contribution in [0.2, 0.25) is 0 Å². The van der Waals surface area contributed by atoms with Crippen LogP contribution in [-0.2, 0) is 0 Å². The Morgan fingerprint density at radius 1 is 0.373 bits per heavy atom. The first-order chi connectivity index (χ1) is 25.3. The van der Waals surface area contributed by atoms with Crippen LogP contribution < -0.4 is 16.0 Å². The van der Waals surface area contributed by atoms with E-state index in [4.69, 9.17) is 0 Å². The molecule has 9 aromatic rings. The molecule has 8 aromatic carbocycles. The van der Waals surface area contributed by atoms with Gasteiger partial charge in [0.05, 0.1) is 29.5 Å². The van der Waals surface area contributed by atoms with Crippen molar-refractivity contribution < 1.29 is 0 Å². The predicted molar refractivity (Wildman–Crippen MR) is 212 cm³/mol. The molecule has 0 amide bonds. The Morgan fingerprint density at radius 2 is 0.902 bits per heavy atom. The van der Waals surface area contributed by atoms with Crippen molar-refractivity contribution in [3.05, 3.63) is 199 Å². The van der Waals surface area contributed by atoms with Crippen LogP contribution in [0.3, 0.4) is 0 Å². The minimum Gasteiger partial charge on any atom is -0.309 e. The summed E-state index contributed by atoms with van der Waals surface area (Å²) >= 11 is 0. The SMILES string of the molecule is c1ccc(C2NC(c3ccccc3)NC(c3ccc4ccccc4c3-c3ccc(-n4c5ccccc5c5ccc6ccccc6c54)cc3)N2)cc1. The Morgan fingerprint density at radius 3 is 1.59 bits per heavy atom. The molecule has 2 unspecified atom stereocenters. The van der Waals surface area contributed by atoms with Crippen molar-refractivity contribution in [1.29, 1.82) is 0 Å². The van der Waals surface area contributed by atoms with E-state index in [0.717, 1.165) is 5.69 Å². The number of para-hydroxylation sites is 1. The van der Waals surface area contributed by atoms with Crippen molar-refractivity contribution >= 4 is 43.4 Å². The monoisotopic (exact) mass is 656 g/mol. The van der Waals surface area contributed by atoms with Crippen LogP contribution in [0.4, 0.5) is 0 Å². The van der Waals surface area contributed by atoms with Crippen molar-refractivity contribution in [2.75, 3.05) is 0 Å². The van der Waals surface area contributed by atoms with Gasteiger partial charge in [-0.15, -0.1) is 0 Å². The second-order valence-electron chi connectivity index (χ2n) is 13.5. The van der Waals surface area contributed by atoms with Crippen LogP contribution in [0, 0.1) is 0 Å². The number of nitrogens with one attached hydrogen (secondary N) is 3. The third-order valence-electron chi connectivity index (χ3n) is 10.5. The molecule has 1 aromatic heterocycles. The minimum atomic E-state index is -0.121. The van der Waals surface area contributed by atoms with E-state index < -0.39 is 0 Å². The average Bonchev–Trinajstić information content (AvgIpc) is 3.56.